The summed E-state index contributed by atoms with van der Waals surface area (Å²) in [5.41, 5.74) is 0.118. The van der Waals surface area contributed by atoms with Crippen LogP contribution in [0.4, 0.5) is 0 Å². The van der Waals surface area contributed by atoms with E-state index in [2.05, 4.69) is 34.6 Å². The van der Waals surface area contributed by atoms with Crippen LogP contribution < -0.4 is 0 Å². The summed E-state index contributed by atoms with van der Waals surface area (Å²) in [6.07, 6.45) is 12.8. The van der Waals surface area contributed by atoms with Crippen molar-refractivity contribution in [3.8, 4) is 0 Å². The van der Waals surface area contributed by atoms with Gasteiger partial charge in [0.2, 0.25) is 0 Å². The Hall–Kier alpha value is -1.06. The van der Waals surface area contributed by atoms with E-state index in [1.54, 1.807) is 0 Å². The molecule has 0 aromatic rings. The first kappa shape index (κ1) is 27.2. The van der Waals surface area contributed by atoms with Crippen LogP contribution in [-0.2, 0) is 14.3 Å². The molecular formula is C28H50O4. The summed E-state index contributed by atoms with van der Waals surface area (Å²) in [7, 11) is 0. The van der Waals surface area contributed by atoms with Crippen LogP contribution in [0.2, 0.25) is 0 Å². The first-order valence-electron chi connectivity index (χ1n) is 13.5. The number of ether oxygens (including phenoxy) is 1. The molecule has 0 aromatic heterocycles. The van der Waals surface area contributed by atoms with Crippen LogP contribution in [0.5, 0.6) is 0 Å². The van der Waals surface area contributed by atoms with Gasteiger partial charge in [0.05, 0.1) is 18.4 Å². The molecular weight excluding hydrogens is 400 g/mol. The maximum absolute atomic E-state index is 13.0. The fourth-order valence-corrected chi connectivity index (χ4v) is 7.21. The number of carboxylic acids is 1. The zero-order chi connectivity index (χ0) is 23.9. The van der Waals surface area contributed by atoms with E-state index in [0.717, 1.165) is 12.8 Å². The molecule has 1 N–H and O–H groups in total. The van der Waals surface area contributed by atoms with E-state index >= 15 is 0 Å². The summed E-state index contributed by atoms with van der Waals surface area (Å²) < 4.78 is 5.91. The van der Waals surface area contributed by atoms with Gasteiger partial charge in [0.15, 0.2) is 0 Å². The largest absolute Gasteiger partial charge is 0.481 e. The second-order valence-corrected chi connectivity index (χ2v) is 11.8. The Balaban J connectivity index is 1.97. The molecule has 2 rings (SSSR count). The maximum atomic E-state index is 13.0. The molecule has 2 fully saturated rings. The Morgan fingerprint density at radius 1 is 0.906 bits per heavy atom. The average molecular weight is 451 g/mol. The van der Waals surface area contributed by atoms with E-state index < -0.39 is 17.8 Å². The Labute approximate surface area is 197 Å². The number of aliphatic carboxylic acids is 1. The third kappa shape index (κ3) is 6.73. The number of hydrogen-bond acceptors (Lipinski definition) is 3. The van der Waals surface area contributed by atoms with Crippen molar-refractivity contribution in [1.82, 2.24) is 0 Å². The highest BCUT2D eigenvalue weighted by atomic mass is 16.5. The van der Waals surface area contributed by atoms with Crippen molar-refractivity contribution in [1.29, 1.82) is 0 Å². The fraction of sp³-hybridized carbons (Fsp3) is 0.929. The lowest BCUT2D eigenvalue weighted by Gasteiger charge is -2.51. The number of carbonyl (C=O) groups excluding carboxylic acids is 1. The molecule has 0 aromatic carbocycles. The van der Waals surface area contributed by atoms with Crippen LogP contribution in [0.3, 0.4) is 0 Å². The Kier molecular flexibility index (Phi) is 10.5. The molecule has 7 atom stereocenters. The lowest BCUT2D eigenvalue weighted by Crippen LogP contribution is -2.47. The summed E-state index contributed by atoms with van der Waals surface area (Å²) in [5, 5.41) is 9.68. The van der Waals surface area contributed by atoms with Gasteiger partial charge in [0, 0.05) is 5.92 Å². The van der Waals surface area contributed by atoms with Crippen LogP contribution in [0.1, 0.15) is 112 Å². The number of rotatable bonds is 11. The van der Waals surface area contributed by atoms with Gasteiger partial charge in [-0.3, -0.25) is 9.59 Å². The predicted molar refractivity (Wildman–Crippen MR) is 130 cm³/mol. The Morgan fingerprint density at radius 2 is 1.53 bits per heavy atom. The molecule has 0 saturated heterocycles. The molecule has 4 nitrogen and oxygen atoms in total. The van der Waals surface area contributed by atoms with Gasteiger partial charge in [-0.05, 0) is 54.8 Å². The fourth-order valence-electron chi connectivity index (χ4n) is 7.21. The minimum absolute atomic E-state index is 0.0337. The smallest absolute Gasteiger partial charge is 0.309 e. The predicted octanol–water partition coefficient (Wildman–Crippen LogP) is 7.35. The summed E-state index contributed by atoms with van der Waals surface area (Å²) in [5.74, 6) is -0.00757. The number of carbonyl (C=O) groups is 2. The quantitative estimate of drug-likeness (QED) is 0.264. The molecule has 2 aliphatic carbocycles. The van der Waals surface area contributed by atoms with E-state index in [0.29, 0.717) is 36.7 Å². The highest BCUT2D eigenvalue weighted by Gasteiger charge is 2.48. The molecule has 0 radical (unpaired) electrons. The first-order chi connectivity index (χ1) is 15.1. The van der Waals surface area contributed by atoms with Crippen molar-refractivity contribution < 1.29 is 19.4 Å². The van der Waals surface area contributed by atoms with Gasteiger partial charge in [-0.15, -0.1) is 0 Å². The van der Waals surface area contributed by atoms with Gasteiger partial charge < -0.3 is 9.84 Å². The molecule has 0 amide bonds. The molecule has 4 heteroatoms. The summed E-state index contributed by atoms with van der Waals surface area (Å²) in [6, 6.07) is 0. The van der Waals surface area contributed by atoms with Crippen LogP contribution in [0.15, 0.2) is 0 Å². The van der Waals surface area contributed by atoms with Gasteiger partial charge in [-0.25, -0.2) is 0 Å². The molecule has 7 unspecified atom stereocenters. The standard InChI is InChI=1S/C28H50O4/c1-7-8-9-10-11-12-16-23-20(3)17-21(4)24(28(23,5)6)18-32-27(31)22-15-13-14-19(2)25(22)26(29)30/h19-25H,7-18H2,1-6H3,(H,29,30). The van der Waals surface area contributed by atoms with Gasteiger partial charge in [-0.2, -0.15) is 0 Å². The van der Waals surface area contributed by atoms with E-state index in [9.17, 15) is 14.7 Å². The monoisotopic (exact) mass is 450 g/mol. The van der Waals surface area contributed by atoms with Crippen LogP contribution >= 0.6 is 0 Å². The maximum Gasteiger partial charge on any atom is 0.309 e. The van der Waals surface area contributed by atoms with Crippen LogP contribution in [0, 0.1) is 46.8 Å². The summed E-state index contributed by atoms with van der Waals surface area (Å²) in [4.78, 5) is 24.8. The molecule has 2 aliphatic rings. The zero-order valence-electron chi connectivity index (χ0n) is 21.7. The lowest BCUT2D eigenvalue weighted by atomic mass is 9.54. The number of hydrogen-bond donors (Lipinski definition) is 1. The van der Waals surface area contributed by atoms with Gasteiger partial charge in [0.25, 0.3) is 0 Å². The molecule has 0 spiro atoms. The van der Waals surface area contributed by atoms with Gasteiger partial charge >= 0.3 is 11.9 Å². The van der Waals surface area contributed by atoms with Crippen LogP contribution in [-0.4, -0.2) is 23.7 Å². The normalized spacial score (nSPS) is 34.8. The zero-order valence-corrected chi connectivity index (χ0v) is 21.7. The molecule has 2 saturated carbocycles. The highest BCUT2D eigenvalue weighted by molar-refractivity contribution is 5.81. The summed E-state index contributed by atoms with van der Waals surface area (Å²) in [6.45, 7) is 14.1. The van der Waals surface area contributed by atoms with Crippen LogP contribution in [0.25, 0.3) is 0 Å². The Morgan fingerprint density at radius 3 is 2.19 bits per heavy atom. The van der Waals surface area contributed by atoms with Crippen molar-refractivity contribution in [2.45, 2.75) is 112 Å². The Bertz CT molecular complexity index is 598. The molecule has 0 aliphatic heterocycles. The van der Waals surface area contributed by atoms with Crippen molar-refractivity contribution in [2.75, 3.05) is 6.61 Å². The molecule has 32 heavy (non-hydrogen) atoms. The average Bonchev–Trinajstić information content (AvgIpc) is 2.71. The third-order valence-corrected chi connectivity index (χ3v) is 9.11. The highest BCUT2D eigenvalue weighted by Crippen LogP contribution is 2.52. The van der Waals surface area contributed by atoms with Crippen molar-refractivity contribution >= 4 is 11.9 Å². The topological polar surface area (TPSA) is 63.6 Å². The van der Waals surface area contributed by atoms with E-state index in [1.165, 1.54) is 51.4 Å². The second-order valence-electron chi connectivity index (χ2n) is 11.8. The van der Waals surface area contributed by atoms with Crippen molar-refractivity contribution in [2.24, 2.45) is 46.8 Å². The number of esters is 1. The second kappa shape index (κ2) is 12.4. The van der Waals surface area contributed by atoms with Crippen molar-refractivity contribution in [3.63, 3.8) is 0 Å². The minimum atomic E-state index is -0.849. The molecule has 0 heterocycles. The molecule has 0 bridgehead atoms. The SMILES string of the molecule is CCCCCCCCC1C(C)CC(C)C(COC(=O)C2CCCC(C)C2C(=O)O)C1(C)C. The van der Waals surface area contributed by atoms with E-state index in [4.69, 9.17) is 4.74 Å². The molecule has 186 valence electrons. The number of unbranched alkanes of at least 4 members (excludes halogenated alkanes) is 5. The first-order valence-corrected chi connectivity index (χ1v) is 13.5. The minimum Gasteiger partial charge on any atom is -0.481 e. The van der Waals surface area contributed by atoms with Gasteiger partial charge in [-0.1, -0.05) is 86.5 Å². The lowest BCUT2D eigenvalue weighted by molar-refractivity contribution is -0.166. The van der Waals surface area contributed by atoms with E-state index in [1.807, 2.05) is 6.92 Å². The van der Waals surface area contributed by atoms with Gasteiger partial charge in [0.1, 0.15) is 0 Å². The van der Waals surface area contributed by atoms with E-state index in [-0.39, 0.29) is 17.3 Å². The number of carboxylic acid groups (broad SMARTS) is 1. The summed E-state index contributed by atoms with van der Waals surface area (Å²) >= 11 is 0. The van der Waals surface area contributed by atoms with Crippen molar-refractivity contribution in [3.05, 3.63) is 0 Å². The third-order valence-electron chi connectivity index (χ3n) is 9.11.